The molecule has 0 spiro atoms. The third kappa shape index (κ3) is 3.68. The van der Waals surface area contributed by atoms with Crippen molar-refractivity contribution in [2.75, 3.05) is 31.2 Å². The standard InChI is InChI=1S/C14H19F2N3O2/c15-11-7-9(14(17)18)8-12(16)13(11)19-3-1-10(2-4-19)21-6-5-20/h7-8,10,20H,1-6H2,(H3,17,18). The average Bonchev–Trinajstić information content (AvgIpc) is 2.45. The van der Waals surface area contributed by atoms with Crippen LogP contribution >= 0.6 is 0 Å². The Balaban J connectivity index is 2.08. The Hall–Kier alpha value is -1.73. The predicted molar refractivity (Wildman–Crippen MR) is 75.6 cm³/mol. The number of aliphatic hydroxyl groups is 1. The van der Waals surface area contributed by atoms with E-state index in [4.69, 9.17) is 21.0 Å². The average molecular weight is 299 g/mol. The highest BCUT2D eigenvalue weighted by Crippen LogP contribution is 2.28. The van der Waals surface area contributed by atoms with Gasteiger partial charge in [0.25, 0.3) is 0 Å². The van der Waals surface area contributed by atoms with E-state index in [1.165, 1.54) is 0 Å². The molecule has 2 rings (SSSR count). The van der Waals surface area contributed by atoms with E-state index in [0.717, 1.165) is 12.1 Å². The minimum atomic E-state index is -0.713. The van der Waals surface area contributed by atoms with Crippen molar-refractivity contribution in [3.05, 3.63) is 29.3 Å². The zero-order valence-corrected chi connectivity index (χ0v) is 11.6. The summed E-state index contributed by atoms with van der Waals surface area (Å²) in [6.07, 6.45) is 1.30. The molecule has 116 valence electrons. The molecular weight excluding hydrogens is 280 g/mol. The summed E-state index contributed by atoms with van der Waals surface area (Å²) in [7, 11) is 0. The number of nitrogens with zero attached hydrogens (tertiary/aromatic N) is 1. The zero-order valence-electron chi connectivity index (χ0n) is 11.6. The van der Waals surface area contributed by atoms with Crippen LogP contribution in [-0.2, 0) is 4.74 Å². The third-order valence-electron chi connectivity index (χ3n) is 3.53. The molecule has 1 aromatic carbocycles. The van der Waals surface area contributed by atoms with Gasteiger partial charge in [-0.15, -0.1) is 0 Å². The molecule has 1 aliphatic rings. The Kier molecular flexibility index (Phi) is 5.08. The van der Waals surface area contributed by atoms with E-state index in [2.05, 4.69) is 0 Å². The smallest absolute Gasteiger partial charge is 0.150 e. The van der Waals surface area contributed by atoms with Crippen LogP contribution in [0.5, 0.6) is 0 Å². The normalized spacial score (nSPS) is 16.2. The van der Waals surface area contributed by atoms with Crippen molar-refractivity contribution in [3.8, 4) is 0 Å². The minimum absolute atomic E-state index is 0.0102. The van der Waals surface area contributed by atoms with Crippen LogP contribution < -0.4 is 10.6 Å². The first-order valence-electron chi connectivity index (χ1n) is 6.83. The molecule has 1 aromatic rings. The number of piperidine rings is 1. The summed E-state index contributed by atoms with van der Waals surface area (Å²) < 4.78 is 33.5. The van der Waals surface area contributed by atoms with E-state index in [0.29, 0.717) is 25.9 Å². The lowest BCUT2D eigenvalue weighted by atomic mass is 10.1. The first-order chi connectivity index (χ1) is 10.0. The van der Waals surface area contributed by atoms with Crippen molar-refractivity contribution in [2.24, 2.45) is 5.73 Å². The van der Waals surface area contributed by atoms with Crippen molar-refractivity contribution in [2.45, 2.75) is 18.9 Å². The highest BCUT2D eigenvalue weighted by atomic mass is 19.1. The fraction of sp³-hybridized carbons (Fsp3) is 0.500. The van der Waals surface area contributed by atoms with E-state index < -0.39 is 11.6 Å². The van der Waals surface area contributed by atoms with Gasteiger partial charge in [-0.05, 0) is 25.0 Å². The van der Waals surface area contributed by atoms with Crippen LogP contribution in [0.4, 0.5) is 14.5 Å². The van der Waals surface area contributed by atoms with Gasteiger partial charge >= 0.3 is 0 Å². The topological polar surface area (TPSA) is 82.6 Å². The third-order valence-corrected chi connectivity index (χ3v) is 3.53. The lowest BCUT2D eigenvalue weighted by molar-refractivity contribution is 0.0158. The molecule has 0 amide bonds. The van der Waals surface area contributed by atoms with Crippen molar-refractivity contribution >= 4 is 11.5 Å². The van der Waals surface area contributed by atoms with Gasteiger partial charge in [-0.2, -0.15) is 0 Å². The molecule has 1 fully saturated rings. The summed E-state index contributed by atoms with van der Waals surface area (Å²) >= 11 is 0. The number of rotatable bonds is 5. The number of anilines is 1. The molecule has 0 aliphatic carbocycles. The van der Waals surface area contributed by atoms with E-state index >= 15 is 0 Å². The highest BCUT2D eigenvalue weighted by Gasteiger charge is 2.24. The largest absolute Gasteiger partial charge is 0.394 e. The van der Waals surface area contributed by atoms with Gasteiger partial charge in [-0.3, -0.25) is 5.41 Å². The van der Waals surface area contributed by atoms with Gasteiger partial charge < -0.3 is 20.5 Å². The maximum absolute atomic E-state index is 14.1. The summed E-state index contributed by atoms with van der Waals surface area (Å²) in [4.78, 5) is 1.63. The van der Waals surface area contributed by atoms with Crippen molar-refractivity contribution in [3.63, 3.8) is 0 Å². The molecule has 0 unspecified atom stereocenters. The van der Waals surface area contributed by atoms with Gasteiger partial charge in [-0.1, -0.05) is 0 Å². The fourth-order valence-corrected chi connectivity index (χ4v) is 2.49. The second kappa shape index (κ2) is 6.82. The first kappa shape index (κ1) is 15.7. The molecule has 0 saturated carbocycles. The Morgan fingerprint density at radius 3 is 2.38 bits per heavy atom. The molecule has 0 aromatic heterocycles. The SMILES string of the molecule is N=C(N)c1cc(F)c(N2CCC(OCCO)CC2)c(F)c1. The lowest BCUT2D eigenvalue weighted by Crippen LogP contribution is -2.38. The van der Waals surface area contributed by atoms with Crippen molar-refractivity contribution in [1.29, 1.82) is 5.41 Å². The quantitative estimate of drug-likeness (QED) is 0.564. The van der Waals surface area contributed by atoms with Crippen molar-refractivity contribution < 1.29 is 18.6 Å². The van der Waals surface area contributed by atoms with Gasteiger partial charge in [0.15, 0.2) is 0 Å². The fourth-order valence-electron chi connectivity index (χ4n) is 2.49. The number of halogens is 2. The van der Waals surface area contributed by atoms with Crippen molar-refractivity contribution in [1.82, 2.24) is 0 Å². The number of hydrogen-bond acceptors (Lipinski definition) is 4. The van der Waals surface area contributed by atoms with Gasteiger partial charge in [0.1, 0.15) is 23.2 Å². The van der Waals surface area contributed by atoms with Gasteiger partial charge in [-0.25, -0.2) is 8.78 Å². The number of nitrogens with one attached hydrogen (secondary N) is 1. The number of nitrogen functional groups attached to an aromatic ring is 1. The Bertz CT molecular complexity index is 494. The molecule has 1 heterocycles. The van der Waals surface area contributed by atoms with E-state index in [9.17, 15) is 8.78 Å². The monoisotopic (exact) mass is 299 g/mol. The van der Waals surface area contributed by atoms with Crippen LogP contribution in [-0.4, -0.2) is 43.3 Å². The number of benzene rings is 1. The van der Waals surface area contributed by atoms with Crippen LogP contribution in [0.25, 0.3) is 0 Å². The first-order valence-corrected chi connectivity index (χ1v) is 6.83. The van der Waals surface area contributed by atoms with E-state index in [1.54, 1.807) is 4.90 Å². The van der Waals surface area contributed by atoms with E-state index in [-0.39, 0.29) is 36.4 Å². The summed E-state index contributed by atoms with van der Waals surface area (Å²) in [6.45, 7) is 1.20. The maximum atomic E-state index is 14.1. The van der Waals surface area contributed by atoms with E-state index in [1.807, 2.05) is 0 Å². The van der Waals surface area contributed by atoms with Crippen LogP contribution in [0.2, 0.25) is 0 Å². The number of nitrogens with two attached hydrogens (primary N) is 1. The molecule has 21 heavy (non-hydrogen) atoms. The Morgan fingerprint density at radius 2 is 1.90 bits per heavy atom. The number of aliphatic hydroxyl groups excluding tert-OH is 1. The summed E-state index contributed by atoms with van der Waals surface area (Å²) in [5, 5.41) is 15.9. The molecule has 0 radical (unpaired) electrons. The molecule has 1 aliphatic heterocycles. The van der Waals surface area contributed by atoms with Crippen LogP contribution in [0.15, 0.2) is 12.1 Å². The Morgan fingerprint density at radius 1 is 1.33 bits per heavy atom. The number of amidine groups is 1. The molecule has 5 nitrogen and oxygen atoms in total. The van der Waals surface area contributed by atoms with Crippen LogP contribution in [0.3, 0.4) is 0 Å². The second-order valence-corrected chi connectivity index (χ2v) is 4.98. The van der Waals surface area contributed by atoms with Gasteiger partial charge in [0, 0.05) is 18.7 Å². The number of ether oxygens (including phenoxy) is 1. The minimum Gasteiger partial charge on any atom is -0.394 e. The number of hydrogen-bond donors (Lipinski definition) is 3. The zero-order chi connectivity index (χ0) is 15.4. The van der Waals surface area contributed by atoms with Gasteiger partial charge in [0.05, 0.1) is 19.3 Å². The second-order valence-electron chi connectivity index (χ2n) is 4.98. The predicted octanol–water partition coefficient (Wildman–Crippen LogP) is 1.23. The Labute approximate surface area is 121 Å². The lowest BCUT2D eigenvalue weighted by Gasteiger charge is -2.33. The summed E-state index contributed by atoms with van der Waals surface area (Å²) in [5.74, 6) is -1.79. The summed E-state index contributed by atoms with van der Waals surface area (Å²) in [5.41, 5.74) is 5.20. The molecular formula is C14H19F2N3O2. The molecule has 1 saturated heterocycles. The van der Waals surface area contributed by atoms with Crippen LogP contribution in [0.1, 0.15) is 18.4 Å². The van der Waals surface area contributed by atoms with Gasteiger partial charge in [0.2, 0.25) is 0 Å². The molecule has 0 bridgehead atoms. The molecule has 0 atom stereocenters. The maximum Gasteiger partial charge on any atom is 0.150 e. The summed E-state index contributed by atoms with van der Waals surface area (Å²) in [6, 6.07) is 2.16. The molecule has 7 heteroatoms. The van der Waals surface area contributed by atoms with Crippen LogP contribution in [0, 0.1) is 17.0 Å². The molecule has 4 N–H and O–H groups in total. The highest BCUT2D eigenvalue weighted by molar-refractivity contribution is 5.95.